The summed E-state index contributed by atoms with van der Waals surface area (Å²) in [4.78, 5) is 0. The third kappa shape index (κ3) is 1.51. The van der Waals surface area contributed by atoms with Gasteiger partial charge in [0.2, 0.25) is 0 Å². The van der Waals surface area contributed by atoms with Gasteiger partial charge in [0.15, 0.2) is 11.5 Å². The second kappa shape index (κ2) is 3.45. The van der Waals surface area contributed by atoms with Crippen LogP contribution in [0.2, 0.25) is 6.55 Å². The van der Waals surface area contributed by atoms with Gasteiger partial charge in [0.25, 0.3) is 0 Å². The number of aromatic hydroxyl groups is 2. The molecule has 12 heavy (non-hydrogen) atoms. The molecule has 0 heterocycles. The molecule has 0 saturated carbocycles. The second-order valence-electron chi connectivity index (χ2n) is 2.74. The first kappa shape index (κ1) is 8.87. The summed E-state index contributed by atoms with van der Waals surface area (Å²) in [7, 11) is -1.25. The van der Waals surface area contributed by atoms with E-state index in [1.807, 2.05) is 18.3 Å². The molecule has 0 bridgehead atoms. The first-order valence-corrected chi connectivity index (χ1v) is 6.20. The molecule has 0 fully saturated rings. The Morgan fingerprint density at radius 1 is 1.42 bits per heavy atom. The Kier molecular flexibility index (Phi) is 2.55. The molecule has 2 nitrogen and oxygen atoms in total. The first-order valence-electron chi connectivity index (χ1n) is 3.80. The average Bonchev–Trinajstić information content (AvgIpc) is 2.08. The van der Waals surface area contributed by atoms with Crippen LogP contribution in [0, 0.1) is 0 Å². The van der Waals surface area contributed by atoms with E-state index in [9.17, 15) is 10.2 Å². The van der Waals surface area contributed by atoms with Gasteiger partial charge in [0.05, 0.1) is 8.80 Å². The van der Waals surface area contributed by atoms with Crippen molar-refractivity contribution in [1.82, 2.24) is 0 Å². The summed E-state index contributed by atoms with van der Waals surface area (Å²) in [6.07, 6.45) is 0. The van der Waals surface area contributed by atoms with Crippen LogP contribution in [0.25, 0.3) is 0 Å². The normalized spacial score (nSPS) is 12.4. The Morgan fingerprint density at radius 3 is 2.67 bits per heavy atom. The van der Waals surface area contributed by atoms with E-state index in [2.05, 4.69) is 6.58 Å². The van der Waals surface area contributed by atoms with E-state index in [0.29, 0.717) is 0 Å². The molecule has 1 aromatic rings. The molecule has 0 aliphatic heterocycles. The molecule has 0 saturated heterocycles. The lowest BCUT2D eigenvalue weighted by molar-refractivity contribution is 0.406. The van der Waals surface area contributed by atoms with Crippen LogP contribution in [0.3, 0.4) is 0 Å². The Bertz CT molecular complexity index is 297. The maximum atomic E-state index is 9.44. The topological polar surface area (TPSA) is 40.5 Å². The van der Waals surface area contributed by atoms with E-state index >= 15 is 0 Å². The number of rotatable bonds is 2. The van der Waals surface area contributed by atoms with Crippen molar-refractivity contribution in [2.24, 2.45) is 0 Å². The first-order chi connectivity index (χ1) is 5.66. The van der Waals surface area contributed by atoms with Crippen molar-refractivity contribution in [2.45, 2.75) is 6.55 Å². The number of benzene rings is 1. The van der Waals surface area contributed by atoms with E-state index < -0.39 is 8.80 Å². The summed E-state index contributed by atoms with van der Waals surface area (Å²) in [6.45, 7) is 5.72. The molecule has 64 valence electrons. The van der Waals surface area contributed by atoms with Crippen molar-refractivity contribution in [2.75, 3.05) is 0 Å². The van der Waals surface area contributed by atoms with Gasteiger partial charge in [-0.2, -0.15) is 0 Å². The molecule has 0 radical (unpaired) electrons. The number of phenols is 2. The molecular formula is C9H12O2Si. The highest BCUT2D eigenvalue weighted by Gasteiger charge is 2.10. The highest BCUT2D eigenvalue weighted by atomic mass is 28.3. The van der Waals surface area contributed by atoms with Crippen molar-refractivity contribution >= 4 is 14.0 Å². The van der Waals surface area contributed by atoms with Crippen LogP contribution in [0.15, 0.2) is 30.5 Å². The number of phenolic OH excluding ortho intramolecular Hbond substituents is 2. The van der Waals surface area contributed by atoms with Crippen LogP contribution in [0.1, 0.15) is 0 Å². The average molecular weight is 180 g/mol. The molecule has 1 rings (SSSR count). The van der Waals surface area contributed by atoms with Crippen LogP contribution in [-0.2, 0) is 0 Å². The molecule has 2 N–H and O–H groups in total. The molecule has 1 unspecified atom stereocenters. The van der Waals surface area contributed by atoms with E-state index in [1.54, 1.807) is 6.07 Å². The summed E-state index contributed by atoms with van der Waals surface area (Å²) in [6, 6.07) is 5.04. The Balaban J connectivity index is 3.15. The second-order valence-corrected chi connectivity index (χ2v) is 5.41. The van der Waals surface area contributed by atoms with E-state index in [0.717, 1.165) is 5.19 Å². The quantitative estimate of drug-likeness (QED) is 0.524. The zero-order chi connectivity index (χ0) is 9.14. The molecule has 0 aromatic heterocycles. The summed E-state index contributed by atoms with van der Waals surface area (Å²) in [5.74, 6) is -0.0368. The molecule has 0 amide bonds. The predicted molar refractivity (Wildman–Crippen MR) is 52.6 cm³/mol. The number of hydrogen-bond acceptors (Lipinski definition) is 2. The maximum absolute atomic E-state index is 9.44. The molecule has 0 spiro atoms. The third-order valence-electron chi connectivity index (χ3n) is 1.89. The van der Waals surface area contributed by atoms with Gasteiger partial charge in [-0.05, 0) is 11.3 Å². The monoisotopic (exact) mass is 180 g/mol. The summed E-state index contributed by atoms with van der Waals surface area (Å²) < 4.78 is 0. The molecule has 1 atom stereocenters. The van der Waals surface area contributed by atoms with E-state index in [4.69, 9.17) is 0 Å². The minimum Gasteiger partial charge on any atom is -0.504 e. The lowest BCUT2D eigenvalue weighted by Gasteiger charge is -2.07. The Hall–Kier alpha value is -1.22. The molecular weight excluding hydrogens is 168 g/mol. The lowest BCUT2D eigenvalue weighted by atomic mass is 10.3. The molecule has 0 aliphatic carbocycles. The van der Waals surface area contributed by atoms with Gasteiger partial charge in [-0.1, -0.05) is 18.7 Å². The highest BCUT2D eigenvalue weighted by molar-refractivity contribution is 6.77. The van der Waals surface area contributed by atoms with Gasteiger partial charge in [0, 0.05) is 0 Å². The van der Waals surface area contributed by atoms with Gasteiger partial charge in [-0.3, -0.25) is 0 Å². The predicted octanol–water partition coefficient (Wildman–Crippen LogP) is 0.887. The molecule has 1 aromatic carbocycles. The number of hydrogen-bond donors (Lipinski definition) is 2. The smallest absolute Gasteiger partial charge is 0.157 e. The van der Waals surface area contributed by atoms with Crippen molar-refractivity contribution < 1.29 is 10.2 Å². The van der Waals surface area contributed by atoms with Crippen LogP contribution in [-0.4, -0.2) is 19.0 Å². The fourth-order valence-electron chi connectivity index (χ4n) is 1.04. The standard InChI is InChI=1S/C9H12O2Si/c1-3-12(2)8-6-4-5-7(10)9(8)11/h3-6,10-12H,1H2,2H3. The molecule has 0 aliphatic rings. The van der Waals surface area contributed by atoms with Gasteiger partial charge < -0.3 is 10.2 Å². The van der Waals surface area contributed by atoms with Crippen LogP contribution >= 0.6 is 0 Å². The minimum absolute atomic E-state index is 0.0107. The van der Waals surface area contributed by atoms with Crippen molar-refractivity contribution in [1.29, 1.82) is 0 Å². The molecule has 3 heteroatoms. The van der Waals surface area contributed by atoms with Crippen LogP contribution < -0.4 is 5.19 Å². The summed E-state index contributed by atoms with van der Waals surface area (Å²) in [5, 5.41) is 19.5. The lowest BCUT2D eigenvalue weighted by Crippen LogP contribution is -2.24. The maximum Gasteiger partial charge on any atom is 0.157 e. The van der Waals surface area contributed by atoms with Gasteiger partial charge in [-0.25, -0.2) is 0 Å². The third-order valence-corrected chi connectivity index (χ3v) is 4.04. The fraction of sp³-hybridized carbons (Fsp3) is 0.111. The zero-order valence-electron chi connectivity index (χ0n) is 6.99. The zero-order valence-corrected chi connectivity index (χ0v) is 8.14. The van der Waals surface area contributed by atoms with Gasteiger partial charge >= 0.3 is 0 Å². The fourth-order valence-corrected chi connectivity index (χ4v) is 2.29. The highest BCUT2D eigenvalue weighted by Crippen LogP contribution is 2.21. The summed E-state index contributed by atoms with van der Waals surface area (Å²) >= 11 is 0. The van der Waals surface area contributed by atoms with Crippen molar-refractivity contribution in [3.05, 3.63) is 30.5 Å². The van der Waals surface area contributed by atoms with Crippen molar-refractivity contribution in [3.63, 3.8) is 0 Å². The minimum atomic E-state index is -1.25. The Morgan fingerprint density at radius 2 is 2.08 bits per heavy atom. The van der Waals surface area contributed by atoms with Gasteiger partial charge in [-0.15, -0.1) is 12.3 Å². The number of para-hydroxylation sites is 1. The van der Waals surface area contributed by atoms with Crippen molar-refractivity contribution in [3.8, 4) is 11.5 Å². The van der Waals surface area contributed by atoms with Crippen LogP contribution in [0.5, 0.6) is 11.5 Å². The summed E-state index contributed by atoms with van der Waals surface area (Å²) in [5.41, 5.74) is 1.86. The van der Waals surface area contributed by atoms with E-state index in [-0.39, 0.29) is 11.5 Å². The SMILES string of the molecule is C=C[SiH](C)c1cccc(O)c1O. The largest absolute Gasteiger partial charge is 0.504 e. The van der Waals surface area contributed by atoms with E-state index in [1.165, 1.54) is 6.07 Å². The van der Waals surface area contributed by atoms with Gasteiger partial charge in [0.1, 0.15) is 0 Å². The van der Waals surface area contributed by atoms with Crippen LogP contribution in [0.4, 0.5) is 0 Å². The Labute approximate surface area is 73.4 Å².